The van der Waals surface area contributed by atoms with Gasteiger partial charge in [-0.25, -0.2) is 4.98 Å². The molecule has 0 spiro atoms. The summed E-state index contributed by atoms with van der Waals surface area (Å²) in [5, 5.41) is 3.26. The van der Waals surface area contributed by atoms with E-state index in [1.807, 2.05) is 19.1 Å². The minimum atomic E-state index is -1.22. The van der Waals surface area contributed by atoms with Crippen LogP contribution in [0.1, 0.15) is 39.8 Å². The number of benzene rings is 2. The summed E-state index contributed by atoms with van der Waals surface area (Å²) >= 11 is 1.52. The number of rotatable bonds is 9. The zero-order valence-corrected chi connectivity index (χ0v) is 17.7. The maximum atomic E-state index is 13.1. The number of ketones is 1. The Labute approximate surface area is 180 Å². The Morgan fingerprint density at radius 2 is 1.63 bits per heavy atom. The highest BCUT2D eigenvalue weighted by Gasteiger charge is 2.25. The van der Waals surface area contributed by atoms with Gasteiger partial charge in [-0.05, 0) is 25.5 Å². The second-order valence-corrected chi connectivity index (χ2v) is 7.61. The van der Waals surface area contributed by atoms with Gasteiger partial charge in [0.15, 0.2) is 5.16 Å². The average Bonchev–Trinajstić information content (AvgIpc) is 2.77. The number of amides is 1. The summed E-state index contributed by atoms with van der Waals surface area (Å²) in [5.74, 6) is 0.346. The minimum Gasteiger partial charge on any atom is -0.446 e. The molecule has 1 N–H and O–H groups in total. The first-order valence-electron chi connectivity index (χ1n) is 9.67. The van der Waals surface area contributed by atoms with Crippen molar-refractivity contribution in [2.24, 2.45) is 0 Å². The SMILES string of the molecule is CCCSc1nc(C)cc(OC(NC(=O)c2ccccc2)C(=O)c2ccccc2)n1. The van der Waals surface area contributed by atoms with Gasteiger partial charge in [0.25, 0.3) is 5.91 Å². The molecule has 0 aliphatic heterocycles. The van der Waals surface area contributed by atoms with Crippen molar-refractivity contribution in [2.45, 2.75) is 31.7 Å². The topological polar surface area (TPSA) is 81.2 Å². The van der Waals surface area contributed by atoms with Crippen LogP contribution in [0.3, 0.4) is 0 Å². The predicted molar refractivity (Wildman–Crippen MR) is 117 cm³/mol. The van der Waals surface area contributed by atoms with Crippen molar-refractivity contribution >= 4 is 23.5 Å². The lowest BCUT2D eigenvalue weighted by Gasteiger charge is -2.19. The molecule has 1 heterocycles. The molecule has 0 saturated heterocycles. The zero-order chi connectivity index (χ0) is 21.3. The van der Waals surface area contributed by atoms with Gasteiger partial charge in [0.05, 0.1) is 0 Å². The Morgan fingerprint density at radius 3 is 2.27 bits per heavy atom. The zero-order valence-electron chi connectivity index (χ0n) is 16.9. The number of hydrogen-bond acceptors (Lipinski definition) is 6. The van der Waals surface area contributed by atoms with Crippen molar-refractivity contribution in [3.63, 3.8) is 0 Å². The number of aromatic nitrogens is 2. The molecule has 1 unspecified atom stereocenters. The van der Waals surface area contributed by atoms with Gasteiger partial charge >= 0.3 is 0 Å². The van der Waals surface area contributed by atoms with E-state index in [1.54, 1.807) is 54.6 Å². The highest BCUT2D eigenvalue weighted by Crippen LogP contribution is 2.20. The number of nitrogens with zero attached hydrogens (tertiary/aromatic N) is 2. The summed E-state index contributed by atoms with van der Waals surface area (Å²) in [7, 11) is 0. The van der Waals surface area contributed by atoms with Crippen LogP contribution in [-0.4, -0.2) is 33.6 Å². The Balaban J connectivity index is 1.86. The fourth-order valence-electron chi connectivity index (χ4n) is 2.65. The highest BCUT2D eigenvalue weighted by molar-refractivity contribution is 7.99. The normalized spacial score (nSPS) is 11.5. The second kappa shape index (κ2) is 10.5. The Bertz CT molecular complexity index is 997. The largest absolute Gasteiger partial charge is 0.446 e. The fraction of sp³-hybridized carbons (Fsp3) is 0.217. The van der Waals surface area contributed by atoms with Crippen LogP contribution in [0.25, 0.3) is 0 Å². The maximum Gasteiger partial charge on any atom is 0.254 e. The molecule has 1 amide bonds. The van der Waals surface area contributed by atoms with E-state index in [4.69, 9.17) is 4.74 Å². The Kier molecular flexibility index (Phi) is 7.57. The number of carbonyl (C=O) groups excluding carboxylic acids is 2. The molecule has 2 aromatic carbocycles. The molecule has 154 valence electrons. The molecular weight excluding hydrogens is 398 g/mol. The average molecular weight is 422 g/mol. The van der Waals surface area contributed by atoms with Gasteiger partial charge in [-0.15, -0.1) is 0 Å². The van der Waals surface area contributed by atoms with Gasteiger partial charge in [0.2, 0.25) is 17.9 Å². The Hall–Kier alpha value is -3.19. The van der Waals surface area contributed by atoms with Crippen molar-refractivity contribution in [2.75, 3.05) is 5.75 Å². The van der Waals surface area contributed by atoms with E-state index in [-0.39, 0.29) is 11.7 Å². The summed E-state index contributed by atoms with van der Waals surface area (Å²) < 4.78 is 5.88. The first-order valence-corrected chi connectivity index (χ1v) is 10.7. The molecule has 7 heteroatoms. The number of hydrogen-bond donors (Lipinski definition) is 1. The molecule has 0 radical (unpaired) electrons. The summed E-state index contributed by atoms with van der Waals surface area (Å²) in [6, 6.07) is 19.0. The predicted octanol–water partition coefficient (Wildman–Crippen LogP) is 4.30. The van der Waals surface area contributed by atoms with E-state index >= 15 is 0 Å². The van der Waals surface area contributed by atoms with Gasteiger partial charge in [-0.2, -0.15) is 4.98 Å². The fourth-order valence-corrected chi connectivity index (χ4v) is 3.40. The number of ether oxygens (including phenoxy) is 1. The van der Waals surface area contributed by atoms with Crippen molar-refractivity contribution in [1.29, 1.82) is 0 Å². The van der Waals surface area contributed by atoms with Crippen molar-refractivity contribution in [1.82, 2.24) is 15.3 Å². The molecule has 3 rings (SSSR count). The maximum absolute atomic E-state index is 13.1. The van der Waals surface area contributed by atoms with Gasteiger partial charge in [0, 0.05) is 28.6 Å². The molecule has 6 nitrogen and oxygen atoms in total. The number of nitrogens with one attached hydrogen (secondary N) is 1. The van der Waals surface area contributed by atoms with Gasteiger partial charge in [0.1, 0.15) is 0 Å². The third-order valence-electron chi connectivity index (χ3n) is 4.08. The number of aryl methyl sites for hydroxylation is 1. The molecule has 0 fully saturated rings. The van der Waals surface area contributed by atoms with Crippen LogP contribution in [0.5, 0.6) is 5.88 Å². The number of Topliss-reactive ketones (excluding diaryl/α,β-unsaturated/α-hetero) is 1. The van der Waals surface area contributed by atoms with Gasteiger partial charge in [-0.1, -0.05) is 67.2 Å². The minimum absolute atomic E-state index is 0.240. The third-order valence-corrected chi connectivity index (χ3v) is 5.13. The monoisotopic (exact) mass is 421 g/mol. The van der Waals surface area contributed by atoms with Crippen LogP contribution < -0.4 is 10.1 Å². The molecule has 1 aromatic heterocycles. The molecule has 3 aromatic rings. The first-order chi connectivity index (χ1) is 14.6. The lowest BCUT2D eigenvalue weighted by atomic mass is 10.1. The van der Waals surface area contributed by atoms with Crippen molar-refractivity contribution < 1.29 is 14.3 Å². The van der Waals surface area contributed by atoms with E-state index < -0.39 is 12.1 Å². The van der Waals surface area contributed by atoms with E-state index in [1.165, 1.54) is 11.8 Å². The quantitative estimate of drug-likeness (QED) is 0.240. The smallest absolute Gasteiger partial charge is 0.254 e. The van der Waals surface area contributed by atoms with Gasteiger partial charge in [-0.3, -0.25) is 9.59 Å². The van der Waals surface area contributed by atoms with Gasteiger partial charge < -0.3 is 10.1 Å². The lowest BCUT2D eigenvalue weighted by molar-refractivity contribution is 0.0648. The molecular formula is C23H23N3O3S. The van der Waals surface area contributed by atoms with Crippen LogP contribution in [0.4, 0.5) is 0 Å². The van der Waals surface area contributed by atoms with Crippen molar-refractivity contribution in [3.05, 3.63) is 83.6 Å². The second-order valence-electron chi connectivity index (χ2n) is 6.55. The summed E-state index contributed by atoms with van der Waals surface area (Å²) in [6.45, 7) is 3.91. The van der Waals surface area contributed by atoms with E-state index in [2.05, 4.69) is 22.2 Å². The number of thioether (sulfide) groups is 1. The molecule has 0 aliphatic carbocycles. The van der Waals surface area contributed by atoms with E-state index in [0.29, 0.717) is 16.3 Å². The van der Waals surface area contributed by atoms with Crippen LogP contribution in [-0.2, 0) is 0 Å². The lowest BCUT2D eigenvalue weighted by Crippen LogP contribution is -2.45. The molecule has 30 heavy (non-hydrogen) atoms. The number of carbonyl (C=O) groups is 2. The third kappa shape index (κ3) is 5.90. The highest BCUT2D eigenvalue weighted by atomic mass is 32.2. The van der Waals surface area contributed by atoms with Crippen LogP contribution in [0.15, 0.2) is 71.9 Å². The van der Waals surface area contributed by atoms with Crippen LogP contribution in [0.2, 0.25) is 0 Å². The van der Waals surface area contributed by atoms with Crippen LogP contribution >= 0.6 is 11.8 Å². The first kappa shape index (κ1) is 21.5. The standard InChI is InChI=1S/C23H23N3O3S/c1-3-14-30-23-24-16(2)15-19(25-23)29-22(20(27)17-10-6-4-7-11-17)26-21(28)18-12-8-5-9-13-18/h4-13,15,22H,3,14H2,1-2H3,(H,26,28). The summed E-state index contributed by atoms with van der Waals surface area (Å²) in [5.41, 5.74) is 1.59. The molecule has 0 saturated carbocycles. The molecule has 0 bridgehead atoms. The van der Waals surface area contributed by atoms with Crippen LogP contribution in [0, 0.1) is 6.92 Å². The van der Waals surface area contributed by atoms with Crippen molar-refractivity contribution in [3.8, 4) is 5.88 Å². The Morgan fingerprint density at radius 1 is 1.00 bits per heavy atom. The molecule has 1 atom stereocenters. The summed E-state index contributed by atoms with van der Waals surface area (Å²) in [4.78, 5) is 34.5. The van der Waals surface area contributed by atoms with E-state index in [9.17, 15) is 9.59 Å². The van der Waals surface area contributed by atoms with E-state index in [0.717, 1.165) is 17.9 Å². The summed E-state index contributed by atoms with van der Waals surface area (Å²) in [6.07, 6.45) is -0.237. The molecule has 0 aliphatic rings.